The summed E-state index contributed by atoms with van der Waals surface area (Å²) in [4.78, 5) is 62.1. The average Bonchev–Trinajstić information content (AvgIpc) is 3.20. The van der Waals surface area contributed by atoms with E-state index in [-0.39, 0.29) is 54.7 Å². The molecule has 0 aromatic heterocycles. The van der Waals surface area contributed by atoms with E-state index in [2.05, 4.69) is 10.2 Å². The molecule has 0 aliphatic carbocycles. The summed E-state index contributed by atoms with van der Waals surface area (Å²) in [6.07, 6.45) is -2.18. The number of urea groups is 1. The molecule has 0 radical (unpaired) electrons. The summed E-state index contributed by atoms with van der Waals surface area (Å²) in [5.41, 5.74) is 5.78. The van der Waals surface area contributed by atoms with E-state index in [4.69, 9.17) is 26.8 Å². The number of anilines is 2. The number of nitrogens with two attached hydrogens (primary N) is 1. The third-order valence-electron chi connectivity index (χ3n) is 12.0. The Hall–Kier alpha value is -4.28. The lowest BCUT2D eigenvalue weighted by atomic mass is 9.78. The van der Waals surface area contributed by atoms with Crippen LogP contribution in [0.1, 0.15) is 61.6 Å². The fraction of sp³-hybridized carbons (Fsp3) is 0.610. The predicted octanol–water partition coefficient (Wildman–Crippen LogP) is 5.95. The van der Waals surface area contributed by atoms with Crippen LogP contribution in [0.15, 0.2) is 36.4 Å². The summed E-state index contributed by atoms with van der Waals surface area (Å²) < 4.78 is 53.0. The number of hydrogen-bond acceptors (Lipinski definition) is 9. The monoisotopic (exact) mass is 833 g/mol. The number of halogens is 4. The van der Waals surface area contributed by atoms with E-state index in [1.807, 2.05) is 43.3 Å². The Kier molecular flexibility index (Phi) is 14.3. The lowest BCUT2D eigenvalue weighted by Crippen LogP contribution is -2.52. The summed E-state index contributed by atoms with van der Waals surface area (Å²) >= 11 is 6.14. The number of rotatable bonds is 12. The van der Waals surface area contributed by atoms with Gasteiger partial charge in [-0.2, -0.15) is 13.2 Å². The number of nitrogens with zero attached hydrogens (tertiary/aromatic N) is 5. The molecule has 58 heavy (non-hydrogen) atoms. The fourth-order valence-electron chi connectivity index (χ4n) is 8.67. The van der Waals surface area contributed by atoms with Crippen LogP contribution in [0, 0.1) is 11.8 Å². The van der Waals surface area contributed by atoms with Gasteiger partial charge in [-0.3, -0.25) is 14.5 Å². The highest BCUT2D eigenvalue weighted by atomic mass is 35.5. The van der Waals surface area contributed by atoms with Crippen LogP contribution >= 0.6 is 11.6 Å². The number of likely N-dealkylation sites (tertiary alicyclic amines) is 3. The molecule has 4 amide bonds. The van der Waals surface area contributed by atoms with Crippen LogP contribution in [0.2, 0.25) is 5.02 Å². The van der Waals surface area contributed by atoms with Crippen molar-refractivity contribution in [1.82, 2.24) is 24.5 Å². The summed E-state index contributed by atoms with van der Waals surface area (Å²) in [7, 11) is 3.96. The molecule has 318 valence electrons. The Balaban J connectivity index is 1.05. The minimum atomic E-state index is -4.79. The van der Waals surface area contributed by atoms with Gasteiger partial charge in [0.25, 0.3) is 5.91 Å². The molecular weight excluding hydrogens is 779 g/mol. The van der Waals surface area contributed by atoms with Gasteiger partial charge in [-0.25, -0.2) is 9.59 Å². The highest BCUT2D eigenvalue weighted by Gasteiger charge is 2.39. The van der Waals surface area contributed by atoms with Gasteiger partial charge < -0.3 is 40.1 Å². The lowest BCUT2D eigenvalue weighted by molar-refractivity contribution is -0.145. The molecule has 0 unspecified atom stereocenters. The molecule has 17 heteroatoms. The van der Waals surface area contributed by atoms with E-state index in [0.717, 1.165) is 69.1 Å². The number of para-hydroxylation sites is 1. The van der Waals surface area contributed by atoms with Crippen molar-refractivity contribution in [1.29, 1.82) is 0 Å². The molecule has 0 saturated carbocycles. The molecule has 6 rings (SSSR count). The minimum Gasteiger partial charge on any atom is -0.465 e. The van der Waals surface area contributed by atoms with Gasteiger partial charge in [0.1, 0.15) is 0 Å². The zero-order valence-corrected chi connectivity index (χ0v) is 34.0. The topological polar surface area (TPSA) is 141 Å². The first-order valence-electron chi connectivity index (χ1n) is 20.2. The molecule has 3 fully saturated rings. The number of nitrogens with one attached hydrogen (secondary N) is 1. The van der Waals surface area contributed by atoms with Gasteiger partial charge in [0, 0.05) is 57.4 Å². The van der Waals surface area contributed by atoms with E-state index in [0.29, 0.717) is 50.9 Å². The normalized spacial score (nSPS) is 19.5. The van der Waals surface area contributed by atoms with Crippen LogP contribution in [0.5, 0.6) is 0 Å². The molecule has 3 N–H and O–H groups in total. The maximum Gasteiger partial charge on any atom is 0.418 e. The Morgan fingerprint density at radius 2 is 1.59 bits per heavy atom. The molecule has 4 heterocycles. The first-order valence-corrected chi connectivity index (χ1v) is 20.6. The Morgan fingerprint density at radius 3 is 2.24 bits per heavy atom. The van der Waals surface area contributed by atoms with Crippen LogP contribution in [-0.2, 0) is 38.2 Å². The second-order valence-corrected chi connectivity index (χ2v) is 16.6. The molecule has 0 spiro atoms. The third kappa shape index (κ3) is 11.1. The summed E-state index contributed by atoms with van der Waals surface area (Å²) in [6, 6.07) is 9.39. The van der Waals surface area contributed by atoms with Gasteiger partial charge in [0.2, 0.25) is 0 Å². The van der Waals surface area contributed by atoms with E-state index < -0.39 is 35.5 Å². The van der Waals surface area contributed by atoms with Crippen LogP contribution in [-0.4, -0.2) is 134 Å². The largest absolute Gasteiger partial charge is 0.465 e. The number of carbonyl (C=O) groups excluding carboxylic acids is 4. The fourth-order valence-corrected chi connectivity index (χ4v) is 8.91. The third-order valence-corrected chi connectivity index (χ3v) is 12.3. The number of piperidine rings is 3. The van der Waals surface area contributed by atoms with Crippen molar-refractivity contribution in [2.24, 2.45) is 11.8 Å². The first kappa shape index (κ1) is 43.3. The van der Waals surface area contributed by atoms with Crippen LogP contribution < -0.4 is 11.1 Å². The quantitative estimate of drug-likeness (QED) is 0.151. The zero-order chi connectivity index (χ0) is 41.6. The average molecular weight is 834 g/mol. The van der Waals surface area contributed by atoms with E-state index >= 15 is 0 Å². The predicted molar refractivity (Wildman–Crippen MR) is 213 cm³/mol. The van der Waals surface area contributed by atoms with Crippen molar-refractivity contribution >= 4 is 47.0 Å². The standard InChI is InChI=1S/C41H55ClF3N7O6/c1-48(2)14-5-21-57-36(53)26-49-15-8-28(9-16-49)29-10-17-50(18-11-29)38(54)35(24-27-22-32(41(43,44)45)37(46)33(42)23-27)58-40(56)51-19-12-31(13-20-51)52-25-30-6-3-4-7-34(30)47-39(52)55/h3-4,6-7,22-23,28-29,31,35H,5,8-21,24-26,46H2,1-2H3,(H,47,55)/t35-/m1/s1. The Bertz CT molecular complexity index is 1780. The maximum atomic E-state index is 14.2. The van der Waals surface area contributed by atoms with Crippen LogP contribution in [0.25, 0.3) is 0 Å². The molecule has 13 nitrogen and oxygen atoms in total. The second kappa shape index (κ2) is 19.2. The van der Waals surface area contributed by atoms with Crippen molar-refractivity contribution in [3.8, 4) is 0 Å². The van der Waals surface area contributed by atoms with Crippen molar-refractivity contribution in [2.75, 3.05) is 84.1 Å². The molecule has 4 aliphatic rings. The number of carbonyl (C=O) groups is 4. The molecule has 2 aromatic rings. The number of hydrogen-bond donors (Lipinski definition) is 2. The van der Waals surface area contributed by atoms with Gasteiger partial charge in [-0.15, -0.1) is 0 Å². The Morgan fingerprint density at radius 1 is 0.948 bits per heavy atom. The van der Waals surface area contributed by atoms with Gasteiger partial charge in [0.05, 0.1) is 29.4 Å². The zero-order valence-electron chi connectivity index (χ0n) is 33.3. The maximum absolute atomic E-state index is 14.2. The van der Waals surface area contributed by atoms with E-state index in [1.165, 1.54) is 11.0 Å². The lowest BCUT2D eigenvalue weighted by Gasteiger charge is -2.41. The van der Waals surface area contributed by atoms with E-state index in [9.17, 15) is 32.3 Å². The number of fused-ring (bicyclic) bond motifs is 1. The van der Waals surface area contributed by atoms with Gasteiger partial charge in [-0.1, -0.05) is 29.8 Å². The SMILES string of the molecule is CN(C)CCCOC(=O)CN1CCC(C2CCN(C(=O)[C@@H](Cc3cc(Cl)c(N)c(C(F)(F)F)c3)OC(=O)N3CCC(N4Cc5ccccc5NC4=O)CC3)CC2)CC1. The van der Waals surface area contributed by atoms with Crippen molar-refractivity contribution in [2.45, 2.75) is 76.2 Å². The van der Waals surface area contributed by atoms with Gasteiger partial charge in [0.15, 0.2) is 6.10 Å². The molecule has 3 saturated heterocycles. The number of amides is 4. The number of ether oxygens (including phenoxy) is 2. The molecule has 4 aliphatic heterocycles. The van der Waals surface area contributed by atoms with Gasteiger partial charge in [-0.05, 0) is 113 Å². The van der Waals surface area contributed by atoms with Crippen LogP contribution in [0.4, 0.5) is 34.1 Å². The van der Waals surface area contributed by atoms with Crippen molar-refractivity contribution in [3.05, 3.63) is 58.1 Å². The number of benzene rings is 2. The molecule has 2 aromatic carbocycles. The van der Waals surface area contributed by atoms with Gasteiger partial charge >= 0.3 is 24.3 Å². The number of esters is 1. The molecular formula is C41H55ClF3N7O6. The molecule has 0 bridgehead atoms. The highest BCUT2D eigenvalue weighted by Crippen LogP contribution is 2.39. The summed E-state index contributed by atoms with van der Waals surface area (Å²) in [5.74, 6) is 0.111. The summed E-state index contributed by atoms with van der Waals surface area (Å²) in [5, 5.41) is 2.62. The van der Waals surface area contributed by atoms with Crippen LogP contribution in [0.3, 0.4) is 0 Å². The summed E-state index contributed by atoms with van der Waals surface area (Å²) in [6.45, 7) is 4.92. The second-order valence-electron chi connectivity index (χ2n) is 16.2. The smallest absolute Gasteiger partial charge is 0.418 e. The highest BCUT2D eigenvalue weighted by molar-refractivity contribution is 6.33. The van der Waals surface area contributed by atoms with Crippen molar-refractivity contribution in [3.63, 3.8) is 0 Å². The van der Waals surface area contributed by atoms with E-state index in [1.54, 1.807) is 9.80 Å². The number of alkyl halides is 3. The Labute approximate surface area is 342 Å². The number of nitrogen functional groups attached to an aromatic ring is 1. The minimum absolute atomic E-state index is 0.0619. The molecule has 1 atom stereocenters. The first-order chi connectivity index (χ1) is 27.7. The van der Waals surface area contributed by atoms with Crippen molar-refractivity contribution < 1.29 is 41.8 Å².